The number of rotatable bonds is 4. The Bertz CT molecular complexity index is 631. The highest BCUT2D eigenvalue weighted by Gasteiger charge is 2.13. The first kappa shape index (κ1) is 14.9. The smallest absolute Gasteiger partial charge is 0.269 e. The zero-order chi connectivity index (χ0) is 14.7. The van der Waals surface area contributed by atoms with Gasteiger partial charge in [-0.25, -0.2) is 4.39 Å². The first-order chi connectivity index (χ1) is 9.47. The van der Waals surface area contributed by atoms with Crippen molar-refractivity contribution >= 4 is 28.3 Å². The molecule has 2 rings (SSSR count). The summed E-state index contributed by atoms with van der Waals surface area (Å²) in [5, 5.41) is 20.7. The number of non-ortho nitro benzene ring substituents is 1. The normalized spacial score (nSPS) is 12.2. The second-order valence-corrected chi connectivity index (χ2v) is 5.47. The average Bonchev–Trinajstić information content (AvgIpc) is 2.39. The molecule has 1 unspecified atom stereocenters. The number of nitro benzene ring substituents is 1. The predicted octanol–water partition coefficient (Wildman–Crippen LogP) is 3.61. The van der Waals surface area contributed by atoms with Gasteiger partial charge in [0, 0.05) is 22.1 Å². The molecule has 0 saturated heterocycles. The van der Waals surface area contributed by atoms with Crippen molar-refractivity contribution in [2.24, 2.45) is 0 Å². The summed E-state index contributed by atoms with van der Waals surface area (Å²) in [5.41, 5.74) is 1.44. The highest BCUT2D eigenvalue weighted by atomic mass is 127. The van der Waals surface area contributed by atoms with Crippen molar-refractivity contribution in [2.75, 3.05) is 0 Å². The van der Waals surface area contributed by atoms with E-state index in [2.05, 4.69) is 0 Å². The third-order valence-electron chi connectivity index (χ3n) is 2.90. The molecule has 0 aromatic heterocycles. The lowest BCUT2D eigenvalue weighted by Gasteiger charge is -2.13. The van der Waals surface area contributed by atoms with Crippen molar-refractivity contribution in [3.05, 3.63) is 73.1 Å². The van der Waals surface area contributed by atoms with Crippen molar-refractivity contribution in [2.45, 2.75) is 12.5 Å². The molecule has 2 aromatic carbocycles. The summed E-state index contributed by atoms with van der Waals surface area (Å²) < 4.78 is 13.7. The minimum Gasteiger partial charge on any atom is -0.388 e. The van der Waals surface area contributed by atoms with Crippen LogP contribution < -0.4 is 0 Å². The number of aliphatic hydroxyl groups excluding tert-OH is 1. The Hall–Kier alpha value is -1.54. The Morgan fingerprint density at radius 2 is 1.90 bits per heavy atom. The first-order valence-electron chi connectivity index (χ1n) is 5.83. The van der Waals surface area contributed by atoms with Gasteiger partial charge in [-0.2, -0.15) is 0 Å². The van der Waals surface area contributed by atoms with E-state index in [0.717, 1.165) is 5.56 Å². The average molecular weight is 387 g/mol. The van der Waals surface area contributed by atoms with Crippen molar-refractivity contribution < 1.29 is 14.4 Å². The molecule has 104 valence electrons. The molecule has 20 heavy (non-hydrogen) atoms. The fourth-order valence-electron chi connectivity index (χ4n) is 1.86. The maximum atomic E-state index is 13.0. The van der Waals surface area contributed by atoms with E-state index in [-0.39, 0.29) is 11.5 Å². The van der Waals surface area contributed by atoms with Gasteiger partial charge >= 0.3 is 0 Å². The van der Waals surface area contributed by atoms with Crippen LogP contribution in [-0.4, -0.2) is 10.0 Å². The Morgan fingerprint density at radius 1 is 1.25 bits per heavy atom. The summed E-state index contributed by atoms with van der Waals surface area (Å²) in [6, 6.07) is 10.2. The first-order valence-corrected chi connectivity index (χ1v) is 6.91. The number of nitrogens with zero attached hydrogens (tertiary/aromatic N) is 1. The van der Waals surface area contributed by atoms with Gasteiger partial charge in [-0.1, -0.05) is 18.2 Å². The summed E-state index contributed by atoms with van der Waals surface area (Å²) in [6.45, 7) is 0. The molecule has 0 heterocycles. The molecule has 6 heteroatoms. The van der Waals surface area contributed by atoms with Gasteiger partial charge in [-0.15, -0.1) is 0 Å². The van der Waals surface area contributed by atoms with E-state index in [1.54, 1.807) is 18.2 Å². The number of nitro groups is 1. The van der Waals surface area contributed by atoms with E-state index in [1.165, 1.54) is 24.3 Å². The third-order valence-corrected chi connectivity index (χ3v) is 3.83. The largest absolute Gasteiger partial charge is 0.388 e. The van der Waals surface area contributed by atoms with Crippen LogP contribution in [0.2, 0.25) is 0 Å². The van der Waals surface area contributed by atoms with Crippen LogP contribution >= 0.6 is 22.6 Å². The van der Waals surface area contributed by atoms with E-state index in [9.17, 15) is 19.6 Å². The molecule has 0 fully saturated rings. The molecule has 0 spiro atoms. The van der Waals surface area contributed by atoms with Crippen molar-refractivity contribution in [3.8, 4) is 0 Å². The third kappa shape index (κ3) is 3.51. The zero-order valence-corrected chi connectivity index (χ0v) is 12.5. The van der Waals surface area contributed by atoms with Gasteiger partial charge in [0.2, 0.25) is 0 Å². The lowest BCUT2D eigenvalue weighted by atomic mass is 10.0. The van der Waals surface area contributed by atoms with Gasteiger partial charge in [0.05, 0.1) is 11.0 Å². The minimum atomic E-state index is -0.774. The van der Waals surface area contributed by atoms with Gasteiger partial charge < -0.3 is 5.11 Å². The van der Waals surface area contributed by atoms with E-state index in [4.69, 9.17) is 0 Å². The highest BCUT2D eigenvalue weighted by Crippen LogP contribution is 2.24. The van der Waals surface area contributed by atoms with Crippen molar-refractivity contribution in [1.82, 2.24) is 0 Å². The van der Waals surface area contributed by atoms with Crippen molar-refractivity contribution in [3.63, 3.8) is 0 Å². The number of hydrogen-bond donors (Lipinski definition) is 1. The van der Waals surface area contributed by atoms with Crippen LogP contribution in [0.5, 0.6) is 0 Å². The van der Waals surface area contributed by atoms with Gasteiger partial charge in [0.25, 0.3) is 5.69 Å². The Kier molecular flexibility index (Phi) is 4.66. The van der Waals surface area contributed by atoms with E-state index in [0.29, 0.717) is 15.6 Å². The topological polar surface area (TPSA) is 63.4 Å². The summed E-state index contributed by atoms with van der Waals surface area (Å²) in [4.78, 5) is 10.1. The Labute approximate surface area is 128 Å². The summed E-state index contributed by atoms with van der Waals surface area (Å²) >= 11 is 1.97. The molecular formula is C14H11FINO3. The number of aliphatic hydroxyl groups is 1. The van der Waals surface area contributed by atoms with Crippen molar-refractivity contribution in [1.29, 1.82) is 0 Å². The maximum absolute atomic E-state index is 13.0. The van der Waals surface area contributed by atoms with Crippen LogP contribution in [0.3, 0.4) is 0 Å². The second-order valence-electron chi connectivity index (χ2n) is 4.31. The van der Waals surface area contributed by atoms with Crippen LogP contribution in [0, 0.1) is 19.5 Å². The summed E-state index contributed by atoms with van der Waals surface area (Å²) in [7, 11) is 0. The van der Waals surface area contributed by atoms with E-state index < -0.39 is 11.0 Å². The SMILES string of the molecule is O=[N+]([O-])c1ccc(CC(O)c2ccc(F)cc2I)cc1. The molecule has 0 bridgehead atoms. The predicted molar refractivity (Wildman–Crippen MR) is 80.9 cm³/mol. The van der Waals surface area contributed by atoms with Gasteiger partial charge in [0.1, 0.15) is 5.82 Å². The Balaban J connectivity index is 2.14. The fourth-order valence-corrected chi connectivity index (χ4v) is 2.70. The minimum absolute atomic E-state index is 0.0135. The molecule has 0 aliphatic heterocycles. The van der Waals surface area contributed by atoms with Crippen LogP contribution in [0.4, 0.5) is 10.1 Å². The quantitative estimate of drug-likeness (QED) is 0.495. The standard InChI is InChI=1S/C14H11FINO3/c15-10-3-6-12(13(16)8-10)14(18)7-9-1-4-11(5-2-9)17(19)20/h1-6,8,14,18H,7H2. The van der Waals surface area contributed by atoms with Crippen LogP contribution in [-0.2, 0) is 6.42 Å². The number of hydrogen-bond acceptors (Lipinski definition) is 3. The maximum Gasteiger partial charge on any atom is 0.269 e. The molecule has 0 radical (unpaired) electrons. The van der Waals surface area contributed by atoms with E-state index in [1.807, 2.05) is 22.6 Å². The lowest BCUT2D eigenvalue weighted by Crippen LogP contribution is -2.04. The lowest BCUT2D eigenvalue weighted by molar-refractivity contribution is -0.384. The summed E-state index contributed by atoms with van der Waals surface area (Å²) in [6.07, 6.45) is -0.455. The van der Waals surface area contributed by atoms with Gasteiger partial charge in [0.15, 0.2) is 0 Å². The number of halogens is 2. The molecule has 1 atom stereocenters. The van der Waals surface area contributed by atoms with Gasteiger partial charge in [-0.3, -0.25) is 10.1 Å². The van der Waals surface area contributed by atoms with Gasteiger partial charge in [-0.05, 0) is 45.9 Å². The summed E-state index contributed by atoms with van der Waals surface area (Å²) in [5.74, 6) is -0.347. The molecule has 0 amide bonds. The monoisotopic (exact) mass is 387 g/mol. The van der Waals surface area contributed by atoms with Crippen LogP contribution in [0.15, 0.2) is 42.5 Å². The fraction of sp³-hybridized carbons (Fsp3) is 0.143. The molecule has 0 aliphatic rings. The molecule has 0 aliphatic carbocycles. The molecule has 4 nitrogen and oxygen atoms in total. The second kappa shape index (κ2) is 6.27. The Morgan fingerprint density at radius 3 is 2.45 bits per heavy atom. The molecule has 1 N–H and O–H groups in total. The van der Waals surface area contributed by atoms with E-state index >= 15 is 0 Å². The number of benzene rings is 2. The van der Waals surface area contributed by atoms with Crippen LogP contribution in [0.1, 0.15) is 17.2 Å². The molecular weight excluding hydrogens is 376 g/mol. The molecule has 2 aromatic rings. The highest BCUT2D eigenvalue weighted by molar-refractivity contribution is 14.1. The molecule has 0 saturated carbocycles. The van der Waals surface area contributed by atoms with Crippen LogP contribution in [0.25, 0.3) is 0 Å². The zero-order valence-electron chi connectivity index (χ0n) is 10.3.